The van der Waals surface area contributed by atoms with Crippen LogP contribution in [0.25, 0.3) is 0 Å². The molecule has 1 aromatic carbocycles. The third-order valence-electron chi connectivity index (χ3n) is 3.99. The number of methoxy groups -OCH3 is 1. The highest BCUT2D eigenvalue weighted by Gasteiger charge is 2.28. The van der Waals surface area contributed by atoms with Crippen LogP contribution in [-0.2, 0) is 14.8 Å². The van der Waals surface area contributed by atoms with Gasteiger partial charge in [-0.05, 0) is 31.2 Å². The van der Waals surface area contributed by atoms with Crippen molar-refractivity contribution in [2.45, 2.75) is 25.2 Å². The van der Waals surface area contributed by atoms with Crippen molar-refractivity contribution in [3.05, 3.63) is 18.2 Å². The summed E-state index contributed by atoms with van der Waals surface area (Å²) in [7, 11) is -2.11. The average Bonchev–Trinajstić information content (AvgIpc) is 2.55. The molecule has 1 aromatic rings. The Bertz CT molecular complexity index is 683. The Morgan fingerprint density at radius 2 is 1.92 bits per heavy atom. The number of ether oxygens (including phenoxy) is 1. The van der Waals surface area contributed by atoms with Crippen LogP contribution in [0, 0.1) is 0 Å². The highest BCUT2D eigenvalue weighted by molar-refractivity contribution is 7.89. The first-order valence-electron chi connectivity index (χ1n) is 8.06. The van der Waals surface area contributed by atoms with Crippen LogP contribution < -0.4 is 10.1 Å². The number of carbonyl (C=O) groups is 1. The van der Waals surface area contributed by atoms with Crippen LogP contribution in [-0.4, -0.2) is 63.4 Å². The number of amides is 1. The van der Waals surface area contributed by atoms with Crippen LogP contribution in [0.3, 0.4) is 0 Å². The third-order valence-corrected chi connectivity index (χ3v) is 5.89. The van der Waals surface area contributed by atoms with E-state index in [0.29, 0.717) is 24.5 Å². The molecule has 8 heteroatoms. The first-order valence-corrected chi connectivity index (χ1v) is 9.50. The Hall–Kier alpha value is -1.64. The van der Waals surface area contributed by atoms with Gasteiger partial charge in [0, 0.05) is 33.1 Å². The van der Waals surface area contributed by atoms with E-state index in [4.69, 9.17) is 4.74 Å². The molecule has 0 bridgehead atoms. The Morgan fingerprint density at radius 3 is 2.46 bits per heavy atom. The average molecular weight is 355 g/mol. The van der Waals surface area contributed by atoms with Crippen LogP contribution in [0.1, 0.15) is 20.3 Å². The van der Waals surface area contributed by atoms with E-state index in [1.54, 1.807) is 6.07 Å². The van der Waals surface area contributed by atoms with Crippen LogP contribution >= 0.6 is 0 Å². The van der Waals surface area contributed by atoms with Gasteiger partial charge in [-0.15, -0.1) is 0 Å². The molecule has 24 heavy (non-hydrogen) atoms. The van der Waals surface area contributed by atoms with Crippen LogP contribution in [0.15, 0.2) is 23.1 Å². The number of sulfonamides is 1. The lowest BCUT2D eigenvalue weighted by Crippen LogP contribution is -2.48. The quantitative estimate of drug-likeness (QED) is 0.834. The molecule has 1 heterocycles. The summed E-state index contributed by atoms with van der Waals surface area (Å²) in [5.41, 5.74) is 0.357. The molecule has 1 fully saturated rings. The van der Waals surface area contributed by atoms with Gasteiger partial charge in [-0.25, -0.2) is 8.42 Å². The van der Waals surface area contributed by atoms with Crippen LogP contribution in [0.4, 0.5) is 5.69 Å². The van der Waals surface area contributed by atoms with Crippen molar-refractivity contribution in [1.82, 2.24) is 9.21 Å². The fraction of sp³-hybridized carbons (Fsp3) is 0.562. The SMILES string of the molecule is CCCN1CCN(S(=O)(=O)c2ccc(OC)c(NC(C)=O)c2)CC1. The normalized spacial score (nSPS) is 16.8. The zero-order valence-electron chi connectivity index (χ0n) is 14.4. The van der Waals surface area contributed by atoms with Crippen molar-refractivity contribution in [3.63, 3.8) is 0 Å². The standard InChI is InChI=1S/C16H25N3O4S/c1-4-7-18-8-10-19(11-9-18)24(21,22)14-5-6-16(23-3)15(12-14)17-13(2)20/h5-6,12H,4,7-11H2,1-3H3,(H,17,20). The number of nitrogens with zero attached hydrogens (tertiary/aromatic N) is 2. The van der Waals surface area contributed by atoms with Crippen molar-refractivity contribution in [2.24, 2.45) is 0 Å². The number of carbonyl (C=O) groups excluding carboxylic acids is 1. The lowest BCUT2D eigenvalue weighted by atomic mass is 10.3. The van der Waals surface area contributed by atoms with Crippen LogP contribution in [0.5, 0.6) is 5.75 Å². The monoisotopic (exact) mass is 355 g/mol. The topological polar surface area (TPSA) is 79.0 Å². The Labute approximate surface area is 143 Å². The van der Waals surface area contributed by atoms with E-state index in [0.717, 1.165) is 26.1 Å². The molecule has 1 saturated heterocycles. The highest BCUT2D eigenvalue weighted by Crippen LogP contribution is 2.29. The van der Waals surface area contributed by atoms with E-state index in [-0.39, 0.29) is 10.8 Å². The summed E-state index contributed by atoms with van der Waals surface area (Å²) in [6, 6.07) is 4.53. The number of anilines is 1. The maximum absolute atomic E-state index is 12.8. The Kier molecular flexibility index (Phi) is 6.20. The summed E-state index contributed by atoms with van der Waals surface area (Å²) in [5, 5.41) is 2.61. The molecular weight excluding hydrogens is 330 g/mol. The van der Waals surface area contributed by atoms with Crippen LogP contribution in [0.2, 0.25) is 0 Å². The molecule has 0 radical (unpaired) electrons. The second-order valence-corrected chi connectivity index (χ2v) is 7.73. The van der Waals surface area contributed by atoms with Gasteiger partial charge in [-0.1, -0.05) is 6.92 Å². The fourth-order valence-electron chi connectivity index (χ4n) is 2.79. The third kappa shape index (κ3) is 4.25. The van der Waals surface area contributed by atoms with Gasteiger partial charge in [-0.2, -0.15) is 4.31 Å². The lowest BCUT2D eigenvalue weighted by Gasteiger charge is -2.33. The van der Waals surface area contributed by atoms with Crippen molar-refractivity contribution in [1.29, 1.82) is 0 Å². The minimum absolute atomic E-state index is 0.163. The van der Waals surface area contributed by atoms with E-state index in [1.807, 2.05) is 0 Å². The van der Waals surface area contributed by atoms with Crippen molar-refractivity contribution < 1.29 is 17.9 Å². The number of nitrogens with one attached hydrogen (secondary N) is 1. The molecule has 1 N–H and O–H groups in total. The molecule has 0 aliphatic carbocycles. The molecule has 2 rings (SSSR count). The summed E-state index contributed by atoms with van der Waals surface area (Å²) in [6.07, 6.45) is 1.06. The first-order chi connectivity index (χ1) is 11.4. The van der Waals surface area contributed by atoms with Gasteiger partial charge in [0.05, 0.1) is 17.7 Å². The molecule has 1 aliphatic heterocycles. The summed E-state index contributed by atoms with van der Waals surface area (Å²) >= 11 is 0. The van der Waals surface area contributed by atoms with Gasteiger partial charge in [0.2, 0.25) is 15.9 Å². The number of rotatable bonds is 6. The summed E-state index contributed by atoms with van der Waals surface area (Å²) in [5.74, 6) is 0.146. The Balaban J connectivity index is 2.22. The summed E-state index contributed by atoms with van der Waals surface area (Å²) in [6.45, 7) is 6.90. The van der Waals surface area contributed by atoms with E-state index in [2.05, 4.69) is 17.1 Å². The van der Waals surface area contributed by atoms with Crippen molar-refractivity contribution in [3.8, 4) is 5.75 Å². The largest absolute Gasteiger partial charge is 0.495 e. The van der Waals surface area contributed by atoms with Gasteiger partial charge in [0.1, 0.15) is 5.75 Å². The van der Waals surface area contributed by atoms with Gasteiger partial charge in [0.25, 0.3) is 0 Å². The second-order valence-electron chi connectivity index (χ2n) is 5.79. The molecule has 0 spiro atoms. The zero-order chi connectivity index (χ0) is 17.7. The van der Waals surface area contributed by atoms with Crippen molar-refractivity contribution >= 4 is 21.6 Å². The first kappa shape index (κ1) is 18.7. The minimum Gasteiger partial charge on any atom is -0.495 e. The highest BCUT2D eigenvalue weighted by atomic mass is 32.2. The predicted molar refractivity (Wildman–Crippen MR) is 92.8 cm³/mol. The maximum Gasteiger partial charge on any atom is 0.243 e. The molecule has 7 nitrogen and oxygen atoms in total. The summed E-state index contributed by atoms with van der Waals surface area (Å²) in [4.78, 5) is 13.7. The van der Waals surface area contributed by atoms with Gasteiger partial charge < -0.3 is 15.0 Å². The molecule has 0 aromatic heterocycles. The second kappa shape index (κ2) is 7.96. The van der Waals surface area contributed by atoms with Gasteiger partial charge in [0.15, 0.2) is 0 Å². The molecule has 1 amide bonds. The molecule has 134 valence electrons. The number of benzene rings is 1. The van der Waals surface area contributed by atoms with E-state index >= 15 is 0 Å². The molecule has 1 aliphatic rings. The predicted octanol–water partition coefficient (Wildman–Crippen LogP) is 1.37. The zero-order valence-corrected chi connectivity index (χ0v) is 15.2. The maximum atomic E-state index is 12.8. The minimum atomic E-state index is -3.58. The number of hydrogen-bond donors (Lipinski definition) is 1. The van der Waals surface area contributed by atoms with Gasteiger partial charge >= 0.3 is 0 Å². The molecule has 0 unspecified atom stereocenters. The van der Waals surface area contributed by atoms with Gasteiger partial charge in [-0.3, -0.25) is 4.79 Å². The van der Waals surface area contributed by atoms with E-state index in [1.165, 1.54) is 30.5 Å². The Morgan fingerprint density at radius 1 is 1.25 bits per heavy atom. The fourth-order valence-corrected chi connectivity index (χ4v) is 4.24. The smallest absolute Gasteiger partial charge is 0.243 e. The molecule has 0 saturated carbocycles. The number of piperazine rings is 1. The van der Waals surface area contributed by atoms with Crippen molar-refractivity contribution in [2.75, 3.05) is 45.2 Å². The van der Waals surface area contributed by atoms with E-state index in [9.17, 15) is 13.2 Å². The number of hydrogen-bond acceptors (Lipinski definition) is 5. The molecule has 0 atom stereocenters. The molecular formula is C16H25N3O4S. The lowest BCUT2D eigenvalue weighted by molar-refractivity contribution is -0.114. The van der Waals surface area contributed by atoms with E-state index < -0.39 is 10.0 Å². The summed E-state index contributed by atoms with van der Waals surface area (Å²) < 4.78 is 32.4.